The molecule has 0 saturated carbocycles. The van der Waals surface area contributed by atoms with Crippen LogP contribution < -0.4 is 0 Å². The second-order valence-electron chi connectivity index (χ2n) is 15.0. The fourth-order valence-corrected chi connectivity index (χ4v) is 6.38. The second-order valence-corrected chi connectivity index (χ2v) is 15.0. The number of unbranched alkanes of at least 4 members (excludes halogenated alkanes) is 27. The third kappa shape index (κ3) is 39.2. The van der Waals surface area contributed by atoms with Gasteiger partial charge < -0.3 is 14.2 Å². The molecule has 1 unspecified atom stereocenters. The molecule has 0 aromatic rings. The summed E-state index contributed by atoms with van der Waals surface area (Å²) in [5.41, 5.74) is 0. The third-order valence-corrected chi connectivity index (χ3v) is 9.77. The zero-order valence-corrected chi connectivity index (χ0v) is 34.1. The average Bonchev–Trinajstić information content (AvgIpc) is 3.12. The molecule has 0 aromatic carbocycles. The molecule has 0 rings (SSSR count). The van der Waals surface area contributed by atoms with Gasteiger partial charge in [-0.25, -0.2) is 0 Å². The molecule has 0 N–H and O–H groups in total. The second kappa shape index (κ2) is 40.9. The highest BCUT2D eigenvalue weighted by molar-refractivity contribution is 5.71. The molecule has 0 aliphatic rings. The molecule has 0 fully saturated rings. The van der Waals surface area contributed by atoms with Gasteiger partial charge in [-0.3, -0.25) is 14.4 Å². The van der Waals surface area contributed by atoms with Crippen molar-refractivity contribution < 1.29 is 28.6 Å². The van der Waals surface area contributed by atoms with Crippen molar-refractivity contribution in [2.75, 3.05) is 13.2 Å². The van der Waals surface area contributed by atoms with Crippen LogP contribution in [0.25, 0.3) is 0 Å². The maximum atomic E-state index is 12.7. The first-order chi connectivity index (χ1) is 25.0. The molecule has 0 aromatic heterocycles. The van der Waals surface area contributed by atoms with Crippen LogP contribution in [0.3, 0.4) is 0 Å². The summed E-state index contributed by atoms with van der Waals surface area (Å²) in [5.74, 6) is -0.874. The summed E-state index contributed by atoms with van der Waals surface area (Å²) in [5, 5.41) is 0. The molecule has 0 bridgehead atoms. The van der Waals surface area contributed by atoms with Gasteiger partial charge in [0.1, 0.15) is 13.2 Å². The van der Waals surface area contributed by atoms with Crippen LogP contribution in [0.2, 0.25) is 0 Å². The average molecular weight is 721 g/mol. The van der Waals surface area contributed by atoms with Gasteiger partial charge in [-0.1, -0.05) is 187 Å². The molecule has 6 heteroatoms. The number of carbonyl (C=O) groups excluding carboxylic acids is 3. The van der Waals surface area contributed by atoms with Gasteiger partial charge >= 0.3 is 17.9 Å². The monoisotopic (exact) mass is 721 g/mol. The Kier molecular flexibility index (Phi) is 39.4. The minimum atomic E-state index is -0.763. The summed E-state index contributed by atoms with van der Waals surface area (Å²) in [7, 11) is 0. The van der Waals surface area contributed by atoms with Crippen molar-refractivity contribution in [3.63, 3.8) is 0 Å². The van der Waals surface area contributed by atoms with Crippen molar-refractivity contribution in [1.29, 1.82) is 0 Å². The molecule has 0 amide bonds. The molecule has 0 saturated heterocycles. The minimum Gasteiger partial charge on any atom is -0.462 e. The van der Waals surface area contributed by atoms with E-state index in [0.29, 0.717) is 19.3 Å². The molecule has 300 valence electrons. The molecular weight excluding hydrogens is 636 g/mol. The van der Waals surface area contributed by atoms with Crippen LogP contribution in [0, 0.1) is 0 Å². The molecule has 0 heterocycles. The van der Waals surface area contributed by atoms with Gasteiger partial charge in [0, 0.05) is 19.3 Å². The molecule has 0 spiro atoms. The van der Waals surface area contributed by atoms with Gasteiger partial charge in [0.25, 0.3) is 0 Å². The first kappa shape index (κ1) is 49.1. The number of rotatable bonds is 40. The fourth-order valence-electron chi connectivity index (χ4n) is 6.38. The topological polar surface area (TPSA) is 78.9 Å². The van der Waals surface area contributed by atoms with Crippen molar-refractivity contribution in [3.8, 4) is 0 Å². The number of carbonyl (C=O) groups is 3. The predicted octanol–water partition coefficient (Wildman–Crippen LogP) is 13.9. The largest absolute Gasteiger partial charge is 0.462 e. The third-order valence-electron chi connectivity index (χ3n) is 9.77. The van der Waals surface area contributed by atoms with E-state index < -0.39 is 6.10 Å². The van der Waals surface area contributed by atoms with Crippen molar-refractivity contribution in [3.05, 3.63) is 12.2 Å². The van der Waals surface area contributed by atoms with Gasteiger partial charge in [0.15, 0.2) is 6.10 Å². The molecular formula is C45H84O6. The highest BCUT2D eigenvalue weighted by Gasteiger charge is 2.19. The molecule has 1 atom stereocenters. The van der Waals surface area contributed by atoms with Crippen LogP contribution in [-0.2, 0) is 28.6 Å². The molecule has 51 heavy (non-hydrogen) atoms. The number of ether oxygens (including phenoxy) is 3. The fraction of sp³-hybridized carbons (Fsp3) is 0.889. The predicted molar refractivity (Wildman–Crippen MR) is 215 cm³/mol. The van der Waals surface area contributed by atoms with Gasteiger partial charge in [0.05, 0.1) is 0 Å². The van der Waals surface area contributed by atoms with E-state index in [-0.39, 0.29) is 31.1 Å². The quantitative estimate of drug-likeness (QED) is 0.0271. The van der Waals surface area contributed by atoms with Crippen LogP contribution in [0.15, 0.2) is 12.2 Å². The number of hydrogen-bond acceptors (Lipinski definition) is 6. The smallest absolute Gasteiger partial charge is 0.306 e. The van der Waals surface area contributed by atoms with Crippen LogP contribution in [0.4, 0.5) is 0 Å². The Bertz CT molecular complexity index is 794. The molecule has 6 nitrogen and oxygen atoms in total. The summed E-state index contributed by atoms with van der Waals surface area (Å²) in [6.45, 7) is 6.59. The van der Waals surface area contributed by atoms with Crippen molar-refractivity contribution in [1.82, 2.24) is 0 Å². The highest BCUT2D eigenvalue weighted by atomic mass is 16.6. The van der Waals surface area contributed by atoms with Crippen LogP contribution in [-0.4, -0.2) is 37.2 Å². The Labute approximate surface area is 316 Å². The number of allylic oxidation sites excluding steroid dienone is 2. The minimum absolute atomic E-state index is 0.0685. The van der Waals surface area contributed by atoms with E-state index in [0.717, 1.165) is 64.2 Å². The van der Waals surface area contributed by atoms with E-state index in [2.05, 4.69) is 32.9 Å². The maximum absolute atomic E-state index is 12.7. The first-order valence-electron chi connectivity index (χ1n) is 22.2. The van der Waals surface area contributed by atoms with Crippen molar-refractivity contribution in [2.45, 2.75) is 245 Å². The van der Waals surface area contributed by atoms with E-state index in [1.807, 2.05) is 0 Å². The normalized spacial score (nSPS) is 12.0. The van der Waals surface area contributed by atoms with Gasteiger partial charge in [0.2, 0.25) is 0 Å². The SMILES string of the molecule is CCCCC/C=C\CCCCCCCC(=O)OCC(COC(=O)CCCCCCCCCCCC)OC(=O)CCCCCCCCCCCCC. The summed E-state index contributed by atoms with van der Waals surface area (Å²) in [6.07, 6.45) is 41.9. The van der Waals surface area contributed by atoms with E-state index in [9.17, 15) is 14.4 Å². The lowest BCUT2D eigenvalue weighted by Crippen LogP contribution is -2.30. The zero-order chi connectivity index (χ0) is 37.3. The Balaban J connectivity index is 4.35. The summed E-state index contributed by atoms with van der Waals surface area (Å²) in [6, 6.07) is 0. The van der Waals surface area contributed by atoms with E-state index in [1.165, 1.54) is 135 Å². The number of hydrogen-bond donors (Lipinski definition) is 0. The van der Waals surface area contributed by atoms with E-state index in [1.54, 1.807) is 0 Å². The van der Waals surface area contributed by atoms with Crippen LogP contribution >= 0.6 is 0 Å². The zero-order valence-electron chi connectivity index (χ0n) is 34.1. The molecule has 0 aliphatic heterocycles. The summed E-state index contributed by atoms with van der Waals surface area (Å²) >= 11 is 0. The molecule has 0 radical (unpaired) electrons. The standard InChI is InChI=1S/C45H84O6/c1-4-7-10-13-16-19-22-24-26-29-32-35-38-44(47)50-41-42(40-49-43(46)37-34-31-28-25-21-18-15-12-9-6-3)51-45(48)39-36-33-30-27-23-20-17-14-11-8-5-2/h16,19,42H,4-15,17-18,20-41H2,1-3H3/b19-16-. The lowest BCUT2D eigenvalue weighted by molar-refractivity contribution is -0.167. The Hall–Kier alpha value is -1.85. The maximum Gasteiger partial charge on any atom is 0.306 e. The van der Waals surface area contributed by atoms with Gasteiger partial charge in [-0.05, 0) is 44.9 Å². The Morgan fingerprint density at radius 2 is 0.647 bits per heavy atom. The summed E-state index contributed by atoms with van der Waals surface area (Å²) < 4.78 is 16.7. The lowest BCUT2D eigenvalue weighted by atomic mass is 10.1. The van der Waals surface area contributed by atoms with Crippen molar-refractivity contribution >= 4 is 17.9 Å². The lowest BCUT2D eigenvalue weighted by Gasteiger charge is -2.18. The molecule has 0 aliphatic carbocycles. The van der Waals surface area contributed by atoms with Gasteiger partial charge in [-0.15, -0.1) is 0 Å². The van der Waals surface area contributed by atoms with E-state index >= 15 is 0 Å². The van der Waals surface area contributed by atoms with E-state index in [4.69, 9.17) is 14.2 Å². The number of esters is 3. The van der Waals surface area contributed by atoms with Gasteiger partial charge in [-0.2, -0.15) is 0 Å². The van der Waals surface area contributed by atoms with Crippen LogP contribution in [0.1, 0.15) is 239 Å². The van der Waals surface area contributed by atoms with Crippen LogP contribution in [0.5, 0.6) is 0 Å². The van der Waals surface area contributed by atoms with Crippen molar-refractivity contribution in [2.24, 2.45) is 0 Å². The summed E-state index contributed by atoms with van der Waals surface area (Å²) in [4.78, 5) is 37.6. The Morgan fingerprint density at radius 1 is 0.373 bits per heavy atom. The Morgan fingerprint density at radius 3 is 1.02 bits per heavy atom. The highest BCUT2D eigenvalue weighted by Crippen LogP contribution is 2.15. The first-order valence-corrected chi connectivity index (χ1v) is 22.2.